The van der Waals surface area contributed by atoms with Crippen LogP contribution in [0.5, 0.6) is 6.01 Å². The summed E-state index contributed by atoms with van der Waals surface area (Å²) in [6.07, 6.45) is 4.02. The number of ether oxygens (including phenoxy) is 1. The monoisotopic (exact) mass is 295 g/mol. The molecule has 1 fully saturated rings. The molecule has 0 aliphatic carbocycles. The second kappa shape index (κ2) is 7.40. The van der Waals surface area contributed by atoms with E-state index >= 15 is 0 Å². The second-order valence-corrected chi connectivity index (χ2v) is 5.51. The number of aliphatic hydroxyl groups excluding tert-OH is 1. The van der Waals surface area contributed by atoms with Gasteiger partial charge in [0.25, 0.3) is 0 Å². The van der Waals surface area contributed by atoms with Crippen LogP contribution in [0.15, 0.2) is 0 Å². The maximum atomic E-state index is 9.02. The molecule has 0 spiro atoms. The molecule has 1 saturated heterocycles. The van der Waals surface area contributed by atoms with Gasteiger partial charge in [0.15, 0.2) is 0 Å². The summed E-state index contributed by atoms with van der Waals surface area (Å²) in [6, 6.07) is 0.739. The molecule has 1 unspecified atom stereocenters. The number of hydrogen-bond donors (Lipinski definition) is 2. The third-order valence-electron chi connectivity index (χ3n) is 3.50. The molecule has 7 heteroatoms. The van der Waals surface area contributed by atoms with Gasteiger partial charge in [-0.05, 0) is 39.5 Å². The number of nitrogens with zero attached hydrogens (tertiary/aromatic N) is 4. The van der Waals surface area contributed by atoms with Gasteiger partial charge in [-0.1, -0.05) is 0 Å². The van der Waals surface area contributed by atoms with Gasteiger partial charge in [0.05, 0.1) is 6.10 Å². The smallest absolute Gasteiger partial charge is 0.323 e. The Morgan fingerprint density at radius 3 is 2.86 bits per heavy atom. The molecule has 118 valence electrons. The van der Waals surface area contributed by atoms with Gasteiger partial charge in [-0.3, -0.25) is 0 Å². The summed E-state index contributed by atoms with van der Waals surface area (Å²) in [5, 5.41) is 12.0. The lowest BCUT2D eigenvalue weighted by Crippen LogP contribution is -2.31. The predicted octanol–water partition coefficient (Wildman–Crippen LogP) is 1.44. The first-order valence-corrected chi connectivity index (χ1v) is 7.62. The lowest BCUT2D eigenvalue weighted by molar-refractivity contribution is 0.222. The van der Waals surface area contributed by atoms with Gasteiger partial charge in [-0.2, -0.15) is 15.0 Å². The summed E-state index contributed by atoms with van der Waals surface area (Å²) in [5.41, 5.74) is 0. The van der Waals surface area contributed by atoms with Gasteiger partial charge in [-0.25, -0.2) is 0 Å². The molecule has 1 atom stereocenters. The molecule has 2 N–H and O–H groups in total. The van der Waals surface area contributed by atoms with Crippen molar-refractivity contribution >= 4 is 11.9 Å². The van der Waals surface area contributed by atoms with Crippen LogP contribution < -0.4 is 15.0 Å². The van der Waals surface area contributed by atoms with Crippen LogP contribution in [0.1, 0.15) is 39.5 Å². The molecule has 0 radical (unpaired) electrons. The molecular weight excluding hydrogens is 270 g/mol. The van der Waals surface area contributed by atoms with E-state index in [0.717, 1.165) is 32.2 Å². The van der Waals surface area contributed by atoms with Crippen LogP contribution in [0.2, 0.25) is 0 Å². The largest absolute Gasteiger partial charge is 0.461 e. The Kier molecular flexibility index (Phi) is 5.55. The van der Waals surface area contributed by atoms with Gasteiger partial charge in [0, 0.05) is 26.2 Å². The molecule has 0 saturated carbocycles. The minimum absolute atomic E-state index is 0.0220. The standard InChI is InChI=1S/C14H25N5O2/c1-10(2)21-14-17-12(15-3)16-13(18-14)19-8-4-6-11(19)7-5-9-20/h10-11,20H,4-9H2,1-3H3,(H,15,16,17,18). The minimum atomic E-state index is 0.0220. The Labute approximate surface area is 125 Å². The van der Waals surface area contributed by atoms with E-state index in [1.54, 1.807) is 7.05 Å². The normalized spacial score (nSPS) is 18.3. The molecule has 2 rings (SSSR count). The molecular formula is C14H25N5O2. The van der Waals surface area contributed by atoms with Crippen molar-refractivity contribution < 1.29 is 9.84 Å². The highest BCUT2D eigenvalue weighted by Crippen LogP contribution is 2.27. The van der Waals surface area contributed by atoms with E-state index in [4.69, 9.17) is 9.84 Å². The zero-order chi connectivity index (χ0) is 15.2. The fraction of sp³-hybridized carbons (Fsp3) is 0.786. The SMILES string of the molecule is CNc1nc(OC(C)C)nc(N2CCCC2CCCO)n1. The zero-order valence-electron chi connectivity index (χ0n) is 13.0. The van der Waals surface area contributed by atoms with E-state index < -0.39 is 0 Å². The van der Waals surface area contributed by atoms with Crippen molar-refractivity contribution in [1.29, 1.82) is 0 Å². The van der Waals surface area contributed by atoms with Crippen molar-refractivity contribution in [3.63, 3.8) is 0 Å². The van der Waals surface area contributed by atoms with Crippen molar-refractivity contribution in [3.8, 4) is 6.01 Å². The third kappa shape index (κ3) is 4.17. The first-order chi connectivity index (χ1) is 10.1. The molecule has 2 heterocycles. The molecule has 0 aromatic carbocycles. The van der Waals surface area contributed by atoms with Crippen molar-refractivity contribution in [1.82, 2.24) is 15.0 Å². The average Bonchev–Trinajstić information content (AvgIpc) is 2.92. The van der Waals surface area contributed by atoms with Gasteiger partial charge in [0.1, 0.15) is 0 Å². The Hall–Kier alpha value is -1.63. The minimum Gasteiger partial charge on any atom is -0.461 e. The first-order valence-electron chi connectivity index (χ1n) is 7.62. The fourth-order valence-corrected chi connectivity index (χ4v) is 2.58. The molecule has 1 aliphatic heterocycles. The highest BCUT2D eigenvalue weighted by Gasteiger charge is 2.27. The maximum absolute atomic E-state index is 9.02. The van der Waals surface area contributed by atoms with Crippen LogP contribution in [0.3, 0.4) is 0 Å². The van der Waals surface area contributed by atoms with E-state index in [9.17, 15) is 0 Å². The number of rotatable bonds is 7. The lowest BCUT2D eigenvalue weighted by atomic mass is 10.1. The topological polar surface area (TPSA) is 83.4 Å². The van der Waals surface area contributed by atoms with E-state index in [2.05, 4.69) is 25.2 Å². The van der Waals surface area contributed by atoms with E-state index in [1.165, 1.54) is 0 Å². The third-order valence-corrected chi connectivity index (χ3v) is 3.50. The predicted molar refractivity (Wildman–Crippen MR) is 81.8 cm³/mol. The number of aromatic nitrogens is 3. The summed E-state index contributed by atoms with van der Waals surface area (Å²) in [7, 11) is 1.78. The second-order valence-electron chi connectivity index (χ2n) is 5.51. The summed E-state index contributed by atoms with van der Waals surface area (Å²) >= 11 is 0. The Morgan fingerprint density at radius 1 is 1.38 bits per heavy atom. The van der Waals surface area contributed by atoms with Crippen LogP contribution in [0, 0.1) is 0 Å². The van der Waals surface area contributed by atoms with E-state index in [0.29, 0.717) is 23.9 Å². The molecule has 1 aliphatic rings. The Morgan fingerprint density at radius 2 is 2.19 bits per heavy atom. The van der Waals surface area contributed by atoms with Crippen LogP contribution >= 0.6 is 0 Å². The zero-order valence-corrected chi connectivity index (χ0v) is 13.0. The molecule has 21 heavy (non-hydrogen) atoms. The molecule has 7 nitrogen and oxygen atoms in total. The van der Waals surface area contributed by atoms with Gasteiger partial charge in [0.2, 0.25) is 11.9 Å². The summed E-state index contributed by atoms with van der Waals surface area (Å²) < 4.78 is 5.60. The van der Waals surface area contributed by atoms with Gasteiger partial charge >= 0.3 is 6.01 Å². The Bertz CT molecular complexity index is 455. The molecule has 1 aromatic rings. The Balaban J connectivity index is 2.20. The van der Waals surface area contributed by atoms with E-state index in [-0.39, 0.29) is 12.7 Å². The average molecular weight is 295 g/mol. The lowest BCUT2D eigenvalue weighted by Gasteiger charge is -2.25. The van der Waals surface area contributed by atoms with Crippen LogP contribution in [0.25, 0.3) is 0 Å². The fourth-order valence-electron chi connectivity index (χ4n) is 2.58. The molecule has 1 aromatic heterocycles. The number of anilines is 2. The number of nitrogens with one attached hydrogen (secondary N) is 1. The highest BCUT2D eigenvalue weighted by molar-refractivity contribution is 5.40. The number of aliphatic hydroxyl groups is 1. The van der Waals surface area contributed by atoms with Crippen LogP contribution in [-0.2, 0) is 0 Å². The molecule has 0 amide bonds. The van der Waals surface area contributed by atoms with Crippen molar-refractivity contribution in [3.05, 3.63) is 0 Å². The van der Waals surface area contributed by atoms with Gasteiger partial charge < -0.3 is 20.1 Å². The summed E-state index contributed by atoms with van der Waals surface area (Å²) in [4.78, 5) is 15.3. The summed E-state index contributed by atoms with van der Waals surface area (Å²) in [6.45, 7) is 5.06. The quantitative estimate of drug-likeness (QED) is 0.787. The first kappa shape index (κ1) is 15.8. The molecule has 0 bridgehead atoms. The van der Waals surface area contributed by atoms with Crippen molar-refractivity contribution in [2.75, 3.05) is 30.4 Å². The highest BCUT2D eigenvalue weighted by atomic mass is 16.5. The van der Waals surface area contributed by atoms with Crippen LogP contribution in [0.4, 0.5) is 11.9 Å². The van der Waals surface area contributed by atoms with Crippen LogP contribution in [-0.4, -0.2) is 52.4 Å². The van der Waals surface area contributed by atoms with Gasteiger partial charge in [-0.15, -0.1) is 0 Å². The summed E-state index contributed by atoms with van der Waals surface area (Å²) in [5.74, 6) is 1.17. The van der Waals surface area contributed by atoms with E-state index in [1.807, 2.05) is 13.8 Å². The number of hydrogen-bond acceptors (Lipinski definition) is 7. The van der Waals surface area contributed by atoms with Crippen molar-refractivity contribution in [2.24, 2.45) is 0 Å². The maximum Gasteiger partial charge on any atom is 0.323 e. The van der Waals surface area contributed by atoms with Crippen molar-refractivity contribution in [2.45, 2.75) is 51.7 Å².